The first-order chi connectivity index (χ1) is 9.38. The van der Waals surface area contributed by atoms with Crippen LogP contribution in [0.25, 0.3) is 0 Å². The Balaban J connectivity index is 1.96. The van der Waals surface area contributed by atoms with Gasteiger partial charge in [-0.05, 0) is 45.4 Å². The molecule has 0 unspecified atom stereocenters. The van der Waals surface area contributed by atoms with E-state index in [2.05, 4.69) is 5.32 Å². The van der Waals surface area contributed by atoms with E-state index in [4.69, 9.17) is 0 Å². The Morgan fingerprint density at radius 1 is 1.50 bits per heavy atom. The molecule has 1 amide bonds. The lowest BCUT2D eigenvalue weighted by Crippen LogP contribution is -2.48. The second-order valence-corrected chi connectivity index (χ2v) is 5.81. The summed E-state index contributed by atoms with van der Waals surface area (Å²) in [5, 5.41) is 12.7. The summed E-state index contributed by atoms with van der Waals surface area (Å²) in [5.41, 5.74) is -0.647. The first-order valence-corrected chi connectivity index (χ1v) is 6.89. The van der Waals surface area contributed by atoms with Crippen LogP contribution in [0.3, 0.4) is 0 Å². The van der Waals surface area contributed by atoms with Crippen LogP contribution < -0.4 is 5.32 Å². The molecule has 0 radical (unpaired) electrons. The van der Waals surface area contributed by atoms with E-state index >= 15 is 0 Å². The Bertz CT molecular complexity index is 485. The van der Waals surface area contributed by atoms with E-state index in [1.165, 1.54) is 12.1 Å². The van der Waals surface area contributed by atoms with Crippen molar-refractivity contribution in [3.05, 3.63) is 30.1 Å². The van der Waals surface area contributed by atoms with E-state index in [0.29, 0.717) is 0 Å². The monoisotopic (exact) mass is 280 g/mol. The molecule has 1 atom stereocenters. The maximum atomic E-state index is 13.5. The number of rotatable bonds is 4. The van der Waals surface area contributed by atoms with Crippen LogP contribution in [-0.4, -0.2) is 40.6 Å². The predicted molar refractivity (Wildman–Crippen MR) is 75.9 cm³/mol. The molecule has 1 saturated heterocycles. The number of nitrogens with one attached hydrogen (secondary N) is 1. The number of nitrogens with zero attached hydrogens (tertiary/aromatic N) is 1. The molecular formula is C15H21FN2O2. The second kappa shape index (κ2) is 5.89. The first-order valence-electron chi connectivity index (χ1n) is 6.89. The molecule has 1 aromatic rings. The number of aliphatic hydroxyl groups is 1. The van der Waals surface area contributed by atoms with Gasteiger partial charge in [0.05, 0.1) is 17.8 Å². The van der Waals surface area contributed by atoms with E-state index in [9.17, 15) is 14.3 Å². The van der Waals surface area contributed by atoms with Crippen LogP contribution in [0.15, 0.2) is 24.3 Å². The lowest BCUT2D eigenvalue weighted by atomic mass is 9.97. The van der Waals surface area contributed by atoms with Crippen molar-refractivity contribution >= 4 is 11.6 Å². The van der Waals surface area contributed by atoms with Gasteiger partial charge in [-0.25, -0.2) is 4.39 Å². The van der Waals surface area contributed by atoms with Gasteiger partial charge in [-0.1, -0.05) is 12.1 Å². The molecule has 0 bridgehead atoms. The number of hydrogen-bond acceptors (Lipinski definition) is 3. The van der Waals surface area contributed by atoms with E-state index in [-0.39, 0.29) is 24.2 Å². The van der Waals surface area contributed by atoms with Gasteiger partial charge in [-0.2, -0.15) is 0 Å². The molecule has 0 aromatic heterocycles. The number of benzene rings is 1. The fourth-order valence-corrected chi connectivity index (χ4v) is 2.75. The van der Waals surface area contributed by atoms with Crippen LogP contribution in [-0.2, 0) is 4.79 Å². The summed E-state index contributed by atoms with van der Waals surface area (Å²) in [6, 6.07) is 6.06. The molecule has 5 heteroatoms. The highest BCUT2D eigenvalue weighted by atomic mass is 19.1. The highest BCUT2D eigenvalue weighted by molar-refractivity contribution is 5.92. The Morgan fingerprint density at radius 3 is 2.85 bits per heavy atom. The highest BCUT2D eigenvalue weighted by Crippen LogP contribution is 2.26. The molecule has 2 rings (SSSR count). The van der Waals surface area contributed by atoms with E-state index in [0.717, 1.165) is 19.4 Å². The predicted octanol–water partition coefficient (Wildman–Crippen LogP) is 2.00. The van der Waals surface area contributed by atoms with Crippen LogP contribution in [0.5, 0.6) is 0 Å². The molecule has 1 aliphatic heterocycles. The van der Waals surface area contributed by atoms with Crippen molar-refractivity contribution in [2.24, 2.45) is 0 Å². The molecule has 110 valence electrons. The molecular weight excluding hydrogens is 259 g/mol. The zero-order valence-electron chi connectivity index (χ0n) is 11.9. The molecule has 0 saturated carbocycles. The molecule has 20 heavy (non-hydrogen) atoms. The summed E-state index contributed by atoms with van der Waals surface area (Å²) in [6.07, 6.45) is 1.83. The average Bonchev–Trinajstić information content (AvgIpc) is 2.80. The molecule has 1 fully saturated rings. The topological polar surface area (TPSA) is 52.6 Å². The van der Waals surface area contributed by atoms with Crippen molar-refractivity contribution in [3.63, 3.8) is 0 Å². The van der Waals surface area contributed by atoms with Gasteiger partial charge in [0.2, 0.25) is 5.91 Å². The average molecular weight is 280 g/mol. The van der Waals surface area contributed by atoms with Gasteiger partial charge in [-0.3, -0.25) is 9.69 Å². The molecule has 1 aliphatic rings. The molecule has 1 aromatic carbocycles. The Hall–Kier alpha value is -1.46. The first kappa shape index (κ1) is 14.9. The number of amides is 1. The summed E-state index contributed by atoms with van der Waals surface area (Å²) in [4.78, 5) is 13.9. The summed E-state index contributed by atoms with van der Waals surface area (Å²) in [5.74, 6) is -0.701. The maximum absolute atomic E-state index is 13.5. The summed E-state index contributed by atoms with van der Waals surface area (Å²) in [6.45, 7) is 4.46. The van der Waals surface area contributed by atoms with Crippen molar-refractivity contribution in [1.29, 1.82) is 0 Å². The molecule has 1 heterocycles. The number of carbonyl (C=O) groups excluding carboxylic acids is 1. The van der Waals surface area contributed by atoms with Crippen LogP contribution in [0.2, 0.25) is 0 Å². The van der Waals surface area contributed by atoms with Gasteiger partial charge in [0, 0.05) is 6.04 Å². The zero-order chi connectivity index (χ0) is 14.8. The van der Waals surface area contributed by atoms with Crippen molar-refractivity contribution in [3.8, 4) is 0 Å². The SMILES string of the molecule is CC(C)(O)[C@@H]1CCCN1CC(=O)Nc1ccccc1F. The third kappa shape index (κ3) is 3.55. The minimum absolute atomic E-state index is 0.0335. The largest absolute Gasteiger partial charge is 0.389 e. The van der Waals surface area contributed by atoms with Gasteiger partial charge in [0.25, 0.3) is 0 Å². The lowest BCUT2D eigenvalue weighted by Gasteiger charge is -2.33. The number of carbonyl (C=O) groups is 1. The Morgan fingerprint density at radius 2 is 2.20 bits per heavy atom. The number of hydrogen-bond donors (Lipinski definition) is 2. The van der Waals surface area contributed by atoms with Crippen LogP contribution in [0.1, 0.15) is 26.7 Å². The second-order valence-electron chi connectivity index (χ2n) is 5.81. The Labute approximate surface area is 118 Å². The molecule has 4 nitrogen and oxygen atoms in total. The number of anilines is 1. The van der Waals surface area contributed by atoms with E-state index in [1.54, 1.807) is 26.0 Å². The standard InChI is InChI=1S/C15H21FN2O2/c1-15(2,20)13-8-5-9-18(13)10-14(19)17-12-7-4-3-6-11(12)16/h3-4,6-7,13,20H,5,8-10H2,1-2H3,(H,17,19)/t13-/m0/s1. The summed E-state index contributed by atoms with van der Waals surface area (Å²) < 4.78 is 13.5. The third-order valence-electron chi connectivity index (χ3n) is 3.67. The summed E-state index contributed by atoms with van der Waals surface area (Å²) in [7, 11) is 0. The summed E-state index contributed by atoms with van der Waals surface area (Å²) >= 11 is 0. The van der Waals surface area contributed by atoms with E-state index in [1.807, 2.05) is 4.90 Å². The van der Waals surface area contributed by atoms with Crippen LogP contribution >= 0.6 is 0 Å². The quantitative estimate of drug-likeness (QED) is 0.887. The fraction of sp³-hybridized carbons (Fsp3) is 0.533. The van der Waals surface area contributed by atoms with Crippen molar-refractivity contribution in [2.75, 3.05) is 18.4 Å². The van der Waals surface area contributed by atoms with Gasteiger partial charge in [-0.15, -0.1) is 0 Å². The zero-order valence-corrected chi connectivity index (χ0v) is 11.9. The maximum Gasteiger partial charge on any atom is 0.238 e. The van der Waals surface area contributed by atoms with Crippen molar-refractivity contribution in [2.45, 2.75) is 38.3 Å². The Kier molecular flexibility index (Phi) is 4.40. The van der Waals surface area contributed by atoms with E-state index < -0.39 is 11.4 Å². The van der Waals surface area contributed by atoms with Gasteiger partial charge in [0.15, 0.2) is 0 Å². The number of likely N-dealkylation sites (tertiary alicyclic amines) is 1. The highest BCUT2D eigenvalue weighted by Gasteiger charge is 2.36. The number of halogens is 1. The molecule has 0 aliphatic carbocycles. The van der Waals surface area contributed by atoms with Crippen molar-refractivity contribution < 1.29 is 14.3 Å². The van der Waals surface area contributed by atoms with Gasteiger partial charge < -0.3 is 10.4 Å². The minimum Gasteiger partial charge on any atom is -0.389 e. The molecule has 0 spiro atoms. The number of para-hydroxylation sites is 1. The minimum atomic E-state index is -0.839. The normalized spacial score (nSPS) is 20.1. The van der Waals surface area contributed by atoms with Crippen LogP contribution in [0, 0.1) is 5.82 Å². The van der Waals surface area contributed by atoms with Crippen LogP contribution in [0.4, 0.5) is 10.1 Å². The smallest absolute Gasteiger partial charge is 0.238 e. The molecule has 2 N–H and O–H groups in total. The van der Waals surface area contributed by atoms with Gasteiger partial charge in [0.1, 0.15) is 5.82 Å². The van der Waals surface area contributed by atoms with Crippen molar-refractivity contribution in [1.82, 2.24) is 4.90 Å². The fourth-order valence-electron chi connectivity index (χ4n) is 2.75. The third-order valence-corrected chi connectivity index (χ3v) is 3.67. The lowest BCUT2D eigenvalue weighted by molar-refractivity contribution is -0.118. The van der Waals surface area contributed by atoms with Gasteiger partial charge >= 0.3 is 0 Å².